The van der Waals surface area contributed by atoms with Gasteiger partial charge >= 0.3 is 5.97 Å². The van der Waals surface area contributed by atoms with Gasteiger partial charge in [0, 0.05) is 6.54 Å². The van der Waals surface area contributed by atoms with E-state index in [1.807, 2.05) is 0 Å². The molecule has 0 saturated heterocycles. The molecule has 0 radical (unpaired) electrons. The number of rotatable bonds is 4. The number of carboxylic acid groups (broad SMARTS) is 1. The smallest absolute Gasteiger partial charge is 0.317 e. The third-order valence-corrected chi connectivity index (χ3v) is 2.45. The van der Waals surface area contributed by atoms with Gasteiger partial charge in [0.1, 0.15) is 5.82 Å². The molecule has 0 aromatic heterocycles. The molecular formula is C10H11BrFNO2. The molecule has 0 saturated carbocycles. The van der Waals surface area contributed by atoms with Gasteiger partial charge in [-0.2, -0.15) is 0 Å². The van der Waals surface area contributed by atoms with Crippen molar-refractivity contribution in [2.75, 3.05) is 13.6 Å². The normalized spacial score (nSPS) is 10.7. The van der Waals surface area contributed by atoms with E-state index in [-0.39, 0.29) is 12.4 Å². The molecule has 1 N–H and O–H groups in total. The Kier molecular flexibility index (Phi) is 4.23. The van der Waals surface area contributed by atoms with Crippen LogP contribution >= 0.6 is 15.9 Å². The van der Waals surface area contributed by atoms with E-state index in [0.29, 0.717) is 11.0 Å². The van der Waals surface area contributed by atoms with Crippen LogP contribution in [-0.2, 0) is 11.3 Å². The Morgan fingerprint density at radius 1 is 1.60 bits per heavy atom. The minimum atomic E-state index is -0.876. The second-order valence-corrected chi connectivity index (χ2v) is 4.17. The largest absolute Gasteiger partial charge is 0.480 e. The summed E-state index contributed by atoms with van der Waals surface area (Å²) in [5.41, 5.74) is 0.868. The van der Waals surface area contributed by atoms with Gasteiger partial charge in [0.05, 0.1) is 11.0 Å². The predicted octanol–water partition coefficient (Wildman–Crippen LogP) is 2.10. The van der Waals surface area contributed by atoms with Crippen molar-refractivity contribution in [2.24, 2.45) is 0 Å². The van der Waals surface area contributed by atoms with Crippen molar-refractivity contribution in [3.8, 4) is 0 Å². The monoisotopic (exact) mass is 275 g/mol. The summed E-state index contributed by atoms with van der Waals surface area (Å²) in [6.07, 6.45) is 0. The van der Waals surface area contributed by atoms with Gasteiger partial charge in [-0.15, -0.1) is 0 Å². The fraction of sp³-hybridized carbons (Fsp3) is 0.300. The first-order valence-corrected chi connectivity index (χ1v) is 5.12. The second-order valence-electron chi connectivity index (χ2n) is 3.31. The van der Waals surface area contributed by atoms with Gasteiger partial charge in [0.25, 0.3) is 0 Å². The van der Waals surface area contributed by atoms with Crippen LogP contribution in [0.15, 0.2) is 22.7 Å². The van der Waals surface area contributed by atoms with E-state index in [2.05, 4.69) is 15.9 Å². The third kappa shape index (κ3) is 3.97. The lowest BCUT2D eigenvalue weighted by molar-refractivity contribution is -0.138. The van der Waals surface area contributed by atoms with E-state index in [1.165, 1.54) is 6.07 Å². The minimum absolute atomic E-state index is 0.0327. The van der Waals surface area contributed by atoms with Gasteiger partial charge in [0.15, 0.2) is 0 Å². The number of hydrogen-bond acceptors (Lipinski definition) is 2. The van der Waals surface area contributed by atoms with Crippen molar-refractivity contribution in [1.82, 2.24) is 4.90 Å². The van der Waals surface area contributed by atoms with Crippen LogP contribution in [0.2, 0.25) is 0 Å². The van der Waals surface area contributed by atoms with Gasteiger partial charge < -0.3 is 5.11 Å². The molecule has 0 atom stereocenters. The predicted molar refractivity (Wildman–Crippen MR) is 58.1 cm³/mol. The Morgan fingerprint density at radius 3 is 2.80 bits per heavy atom. The van der Waals surface area contributed by atoms with Crippen LogP contribution in [-0.4, -0.2) is 29.6 Å². The van der Waals surface area contributed by atoms with Crippen LogP contribution in [0.25, 0.3) is 0 Å². The lowest BCUT2D eigenvalue weighted by Crippen LogP contribution is -2.25. The number of carboxylic acids is 1. The summed E-state index contributed by atoms with van der Waals surface area (Å²) in [7, 11) is 1.70. The molecule has 0 fully saturated rings. The van der Waals surface area contributed by atoms with E-state index >= 15 is 0 Å². The number of aliphatic carboxylic acids is 1. The maximum atomic E-state index is 12.9. The van der Waals surface area contributed by atoms with Crippen molar-refractivity contribution in [2.45, 2.75) is 6.54 Å². The number of nitrogens with zero attached hydrogens (tertiary/aromatic N) is 1. The Labute approximate surface area is 95.6 Å². The van der Waals surface area contributed by atoms with Gasteiger partial charge in [-0.1, -0.05) is 6.07 Å². The third-order valence-electron chi connectivity index (χ3n) is 1.84. The Bertz CT molecular complexity index is 370. The van der Waals surface area contributed by atoms with E-state index < -0.39 is 5.97 Å². The SMILES string of the molecule is CN(CC(=O)O)Cc1ccc(F)c(Br)c1. The van der Waals surface area contributed by atoms with Gasteiger partial charge in [-0.3, -0.25) is 9.69 Å². The molecule has 0 aliphatic carbocycles. The molecule has 0 aliphatic heterocycles. The van der Waals surface area contributed by atoms with E-state index in [0.717, 1.165) is 5.56 Å². The molecule has 1 aromatic rings. The summed E-state index contributed by atoms with van der Waals surface area (Å²) >= 11 is 3.08. The molecule has 0 spiro atoms. The Balaban J connectivity index is 2.64. The molecule has 0 amide bonds. The highest BCUT2D eigenvalue weighted by molar-refractivity contribution is 9.10. The van der Waals surface area contributed by atoms with Gasteiger partial charge in [-0.25, -0.2) is 4.39 Å². The zero-order valence-electron chi connectivity index (χ0n) is 8.20. The molecule has 82 valence electrons. The molecule has 0 bridgehead atoms. The lowest BCUT2D eigenvalue weighted by Gasteiger charge is -2.13. The van der Waals surface area contributed by atoms with E-state index in [9.17, 15) is 9.18 Å². The van der Waals surface area contributed by atoms with Crippen LogP contribution in [0.5, 0.6) is 0 Å². The van der Waals surface area contributed by atoms with Crippen molar-refractivity contribution >= 4 is 21.9 Å². The zero-order chi connectivity index (χ0) is 11.4. The van der Waals surface area contributed by atoms with Crippen molar-refractivity contribution < 1.29 is 14.3 Å². The quantitative estimate of drug-likeness (QED) is 0.915. The minimum Gasteiger partial charge on any atom is -0.480 e. The first-order chi connectivity index (χ1) is 6.99. The average Bonchev–Trinajstić information content (AvgIpc) is 2.10. The van der Waals surface area contributed by atoms with Gasteiger partial charge in [0.2, 0.25) is 0 Å². The molecule has 3 nitrogen and oxygen atoms in total. The summed E-state index contributed by atoms with van der Waals surface area (Å²) in [4.78, 5) is 12.1. The fourth-order valence-corrected chi connectivity index (χ4v) is 1.66. The highest BCUT2D eigenvalue weighted by Crippen LogP contribution is 2.17. The summed E-state index contributed by atoms with van der Waals surface area (Å²) in [5, 5.41) is 8.55. The summed E-state index contributed by atoms with van der Waals surface area (Å²) in [5.74, 6) is -1.20. The number of hydrogen-bond donors (Lipinski definition) is 1. The van der Waals surface area contributed by atoms with Crippen molar-refractivity contribution in [1.29, 1.82) is 0 Å². The zero-order valence-corrected chi connectivity index (χ0v) is 9.79. The van der Waals surface area contributed by atoms with E-state index in [1.54, 1.807) is 24.1 Å². The summed E-state index contributed by atoms with van der Waals surface area (Å²) in [6, 6.07) is 4.64. The molecule has 0 heterocycles. The molecule has 15 heavy (non-hydrogen) atoms. The topological polar surface area (TPSA) is 40.5 Å². The van der Waals surface area contributed by atoms with Crippen LogP contribution in [0.1, 0.15) is 5.56 Å². The number of benzene rings is 1. The highest BCUT2D eigenvalue weighted by atomic mass is 79.9. The maximum Gasteiger partial charge on any atom is 0.317 e. The molecule has 0 aliphatic rings. The molecule has 1 rings (SSSR count). The highest BCUT2D eigenvalue weighted by Gasteiger charge is 2.06. The van der Waals surface area contributed by atoms with Crippen molar-refractivity contribution in [3.63, 3.8) is 0 Å². The van der Waals surface area contributed by atoms with Crippen LogP contribution in [0, 0.1) is 5.82 Å². The average molecular weight is 276 g/mol. The Hall–Kier alpha value is -0.940. The first-order valence-electron chi connectivity index (χ1n) is 4.33. The van der Waals surface area contributed by atoms with E-state index in [4.69, 9.17) is 5.11 Å². The maximum absolute atomic E-state index is 12.9. The van der Waals surface area contributed by atoms with Crippen molar-refractivity contribution in [3.05, 3.63) is 34.1 Å². The lowest BCUT2D eigenvalue weighted by atomic mass is 10.2. The molecular weight excluding hydrogens is 265 g/mol. The number of likely N-dealkylation sites (N-methyl/N-ethyl adjacent to an activating group) is 1. The Morgan fingerprint density at radius 2 is 2.27 bits per heavy atom. The van der Waals surface area contributed by atoms with Crippen LogP contribution in [0.3, 0.4) is 0 Å². The number of carbonyl (C=O) groups is 1. The van der Waals surface area contributed by atoms with Crippen LogP contribution < -0.4 is 0 Å². The molecule has 1 aromatic carbocycles. The number of halogens is 2. The summed E-state index contributed by atoms with van der Waals surface area (Å²) in [6.45, 7) is 0.445. The standard InChI is InChI=1S/C10H11BrFNO2/c1-13(6-10(14)15)5-7-2-3-9(12)8(11)4-7/h2-4H,5-6H2,1H3,(H,14,15). The first kappa shape index (κ1) is 12.1. The fourth-order valence-electron chi connectivity index (χ4n) is 1.24. The van der Waals surface area contributed by atoms with Gasteiger partial charge in [-0.05, 0) is 40.7 Å². The van der Waals surface area contributed by atoms with Crippen LogP contribution in [0.4, 0.5) is 4.39 Å². The molecule has 0 unspecified atom stereocenters. The second kappa shape index (κ2) is 5.23. The summed E-state index contributed by atoms with van der Waals surface area (Å²) < 4.78 is 13.3. The molecule has 5 heteroatoms.